The van der Waals surface area contributed by atoms with E-state index in [1.807, 2.05) is 12.1 Å². The fraction of sp³-hybridized carbons (Fsp3) is 0.286. The molecule has 0 amide bonds. The number of hydrogen-bond donors (Lipinski definition) is 1. The number of fused-ring (bicyclic) bond motifs is 1. The van der Waals surface area contributed by atoms with Crippen molar-refractivity contribution in [2.45, 2.75) is 6.42 Å². The highest BCUT2D eigenvalue weighted by Gasteiger charge is 2.23. The van der Waals surface area contributed by atoms with Gasteiger partial charge in [0.1, 0.15) is 0 Å². The lowest BCUT2D eigenvalue weighted by Crippen LogP contribution is -2.22. The Morgan fingerprint density at radius 2 is 2.19 bits per heavy atom. The van der Waals surface area contributed by atoms with Gasteiger partial charge in [-0.3, -0.25) is 4.98 Å². The van der Waals surface area contributed by atoms with Crippen LogP contribution in [0.4, 0.5) is 15.8 Å². The van der Waals surface area contributed by atoms with E-state index in [4.69, 9.17) is 4.74 Å². The van der Waals surface area contributed by atoms with Gasteiger partial charge in [0, 0.05) is 53.1 Å². The van der Waals surface area contributed by atoms with Gasteiger partial charge in [0.25, 0.3) is 0 Å². The number of nitrogens with one attached hydrogen (secondary N) is 1. The predicted molar refractivity (Wildman–Crippen MR) is 111 cm³/mol. The van der Waals surface area contributed by atoms with Crippen molar-refractivity contribution in [3.05, 3.63) is 59.0 Å². The number of hydrogen-bond acceptors (Lipinski definition) is 4. The highest BCUT2D eigenvalue weighted by Crippen LogP contribution is 2.30. The number of rotatable bonds is 5. The maximum atomic E-state index is 13.9. The second-order valence-electron chi connectivity index (χ2n) is 6.82. The number of pyridine rings is 1. The van der Waals surface area contributed by atoms with Crippen molar-refractivity contribution in [1.29, 1.82) is 0 Å². The van der Waals surface area contributed by atoms with Crippen LogP contribution < -0.4 is 15.0 Å². The zero-order valence-electron chi connectivity index (χ0n) is 15.1. The number of nitrogens with zero attached hydrogens (tertiary/aromatic N) is 2. The van der Waals surface area contributed by atoms with Crippen molar-refractivity contribution in [3.63, 3.8) is 0 Å². The molecule has 0 bridgehead atoms. The third kappa shape index (κ3) is 3.86. The summed E-state index contributed by atoms with van der Waals surface area (Å²) in [6.45, 7) is 2.94. The van der Waals surface area contributed by atoms with E-state index < -0.39 is 5.82 Å². The average Bonchev–Trinajstić information content (AvgIpc) is 3.15. The minimum absolute atomic E-state index is 0.236. The van der Waals surface area contributed by atoms with E-state index in [0.29, 0.717) is 11.4 Å². The van der Waals surface area contributed by atoms with Crippen LogP contribution in [0.15, 0.2) is 53.1 Å². The molecule has 1 fully saturated rings. The van der Waals surface area contributed by atoms with Gasteiger partial charge in [-0.25, -0.2) is 4.39 Å². The van der Waals surface area contributed by atoms with E-state index in [0.717, 1.165) is 41.6 Å². The topological polar surface area (TPSA) is 37.4 Å². The van der Waals surface area contributed by atoms with Crippen LogP contribution in [-0.4, -0.2) is 31.7 Å². The third-order valence-corrected chi connectivity index (χ3v) is 5.55. The first-order chi connectivity index (χ1) is 13.1. The molecule has 0 aliphatic carbocycles. The molecule has 4 nitrogen and oxygen atoms in total. The van der Waals surface area contributed by atoms with Gasteiger partial charge in [-0.15, -0.1) is 0 Å². The molecule has 1 atom stereocenters. The van der Waals surface area contributed by atoms with Crippen LogP contribution in [0.5, 0.6) is 5.75 Å². The average molecular weight is 430 g/mol. The monoisotopic (exact) mass is 429 g/mol. The summed E-state index contributed by atoms with van der Waals surface area (Å²) in [6.07, 6.45) is 2.85. The van der Waals surface area contributed by atoms with Gasteiger partial charge >= 0.3 is 0 Å². The zero-order valence-corrected chi connectivity index (χ0v) is 16.7. The molecule has 2 heterocycles. The Labute approximate surface area is 166 Å². The van der Waals surface area contributed by atoms with Gasteiger partial charge in [0.05, 0.1) is 12.6 Å². The lowest BCUT2D eigenvalue weighted by Gasteiger charge is -2.19. The number of halogens is 2. The van der Waals surface area contributed by atoms with Crippen LogP contribution in [0.25, 0.3) is 10.9 Å². The maximum Gasteiger partial charge on any atom is 0.167 e. The SMILES string of the molecule is COc1cc2c(NCC3CCN(c4cccc(Br)c4)C3)ccnc2cc1F. The van der Waals surface area contributed by atoms with E-state index in [1.54, 1.807) is 12.3 Å². The molecule has 4 rings (SSSR count). The second-order valence-corrected chi connectivity index (χ2v) is 7.74. The molecule has 1 aliphatic heterocycles. The van der Waals surface area contributed by atoms with Gasteiger partial charge in [0.2, 0.25) is 0 Å². The Bertz CT molecular complexity index is 965. The minimum Gasteiger partial charge on any atom is -0.494 e. The first-order valence-corrected chi connectivity index (χ1v) is 9.80. The summed E-state index contributed by atoms with van der Waals surface area (Å²) < 4.78 is 20.1. The molecule has 1 aliphatic rings. The van der Waals surface area contributed by atoms with Gasteiger partial charge < -0.3 is 15.0 Å². The Morgan fingerprint density at radius 1 is 1.30 bits per heavy atom. The fourth-order valence-corrected chi connectivity index (χ4v) is 4.01. The summed E-state index contributed by atoms with van der Waals surface area (Å²) in [6, 6.07) is 13.5. The summed E-state index contributed by atoms with van der Waals surface area (Å²) in [5.41, 5.74) is 2.83. The summed E-state index contributed by atoms with van der Waals surface area (Å²) in [7, 11) is 1.47. The predicted octanol–water partition coefficient (Wildman–Crippen LogP) is 5.08. The van der Waals surface area contributed by atoms with Crippen molar-refractivity contribution < 1.29 is 9.13 Å². The van der Waals surface area contributed by atoms with E-state index in [9.17, 15) is 4.39 Å². The number of benzene rings is 2. The fourth-order valence-electron chi connectivity index (χ4n) is 3.62. The lowest BCUT2D eigenvalue weighted by molar-refractivity contribution is 0.387. The number of ether oxygens (including phenoxy) is 1. The molecule has 2 aromatic carbocycles. The quantitative estimate of drug-likeness (QED) is 0.613. The van der Waals surface area contributed by atoms with Gasteiger partial charge in [0.15, 0.2) is 11.6 Å². The van der Waals surface area contributed by atoms with E-state index >= 15 is 0 Å². The van der Waals surface area contributed by atoms with Crippen molar-refractivity contribution in [1.82, 2.24) is 4.98 Å². The standard InChI is InChI=1S/C21H21BrFN3O/c1-27-21-10-17-19(5-7-24-20(17)11-18(21)23)25-12-14-6-8-26(13-14)16-4-2-3-15(22)9-16/h2-5,7,9-11,14H,6,8,12-13H2,1H3,(H,24,25). The molecule has 140 valence electrons. The van der Waals surface area contributed by atoms with Crippen LogP contribution in [0.3, 0.4) is 0 Å². The Hall–Kier alpha value is -2.34. The highest BCUT2D eigenvalue weighted by molar-refractivity contribution is 9.10. The molecule has 27 heavy (non-hydrogen) atoms. The molecule has 1 saturated heterocycles. The van der Waals surface area contributed by atoms with Gasteiger partial charge in [-0.05, 0) is 42.7 Å². The molecule has 1 N–H and O–H groups in total. The van der Waals surface area contributed by atoms with E-state index in [2.05, 4.69) is 49.3 Å². The summed E-state index contributed by atoms with van der Waals surface area (Å²) in [5, 5.41) is 4.40. The first-order valence-electron chi connectivity index (χ1n) is 9.00. The van der Waals surface area contributed by atoms with Crippen molar-refractivity contribution >= 4 is 38.2 Å². The molecule has 6 heteroatoms. The Kier molecular flexibility index (Phi) is 5.16. The minimum atomic E-state index is -0.393. The number of anilines is 2. The normalized spacial score (nSPS) is 16.7. The smallest absolute Gasteiger partial charge is 0.167 e. The molecular formula is C21H21BrFN3O. The van der Waals surface area contributed by atoms with Crippen LogP contribution in [0, 0.1) is 11.7 Å². The molecular weight excluding hydrogens is 409 g/mol. The molecule has 0 saturated carbocycles. The molecule has 0 spiro atoms. The number of aromatic nitrogens is 1. The highest BCUT2D eigenvalue weighted by atomic mass is 79.9. The Balaban J connectivity index is 1.46. The summed E-state index contributed by atoms with van der Waals surface area (Å²) in [5.74, 6) is 0.393. The van der Waals surface area contributed by atoms with Gasteiger partial charge in [-0.1, -0.05) is 22.0 Å². The van der Waals surface area contributed by atoms with Crippen LogP contribution in [0.2, 0.25) is 0 Å². The van der Waals surface area contributed by atoms with E-state index in [1.165, 1.54) is 18.9 Å². The molecule has 1 unspecified atom stereocenters. The van der Waals surface area contributed by atoms with E-state index in [-0.39, 0.29) is 5.75 Å². The van der Waals surface area contributed by atoms with Gasteiger partial charge in [-0.2, -0.15) is 0 Å². The largest absolute Gasteiger partial charge is 0.494 e. The van der Waals surface area contributed by atoms with Crippen LogP contribution >= 0.6 is 15.9 Å². The lowest BCUT2D eigenvalue weighted by atomic mass is 10.1. The first kappa shape index (κ1) is 18.0. The van der Waals surface area contributed by atoms with Crippen molar-refractivity contribution in [2.75, 3.05) is 37.0 Å². The van der Waals surface area contributed by atoms with Crippen LogP contribution in [0.1, 0.15) is 6.42 Å². The van der Waals surface area contributed by atoms with Crippen molar-refractivity contribution in [3.8, 4) is 5.75 Å². The van der Waals surface area contributed by atoms with Crippen molar-refractivity contribution in [2.24, 2.45) is 5.92 Å². The van der Waals surface area contributed by atoms with Crippen LogP contribution in [-0.2, 0) is 0 Å². The zero-order chi connectivity index (χ0) is 18.8. The molecule has 1 aromatic heterocycles. The molecule has 3 aromatic rings. The third-order valence-electron chi connectivity index (χ3n) is 5.06. The molecule has 0 radical (unpaired) electrons. The maximum absolute atomic E-state index is 13.9. The number of methoxy groups -OCH3 is 1. The Morgan fingerprint density at radius 3 is 3.00 bits per heavy atom. The summed E-state index contributed by atoms with van der Waals surface area (Å²) in [4.78, 5) is 6.69. The summed E-state index contributed by atoms with van der Waals surface area (Å²) >= 11 is 3.54. The second kappa shape index (κ2) is 7.72.